The first-order valence-electron chi connectivity index (χ1n) is 17.4. The molecule has 0 spiro atoms. The summed E-state index contributed by atoms with van der Waals surface area (Å²) in [5.41, 5.74) is 4.89. The van der Waals surface area contributed by atoms with E-state index in [0.29, 0.717) is 70.2 Å². The Morgan fingerprint density at radius 1 is 0.960 bits per heavy atom. The molecular weight excluding hydrogens is 632 g/mol. The Morgan fingerprint density at radius 2 is 1.64 bits per heavy atom. The molecule has 0 radical (unpaired) electrons. The number of rotatable bonds is 11. The Balaban J connectivity index is 1.29. The molecule has 3 aromatic carbocycles. The smallest absolute Gasteiger partial charge is 0.310 e. The van der Waals surface area contributed by atoms with Gasteiger partial charge in [0, 0.05) is 62.3 Å². The summed E-state index contributed by atoms with van der Waals surface area (Å²) in [5.74, 6) is -0.205. The number of piperidine rings is 1. The van der Waals surface area contributed by atoms with Gasteiger partial charge in [0.1, 0.15) is 0 Å². The van der Waals surface area contributed by atoms with E-state index in [2.05, 4.69) is 10.2 Å². The van der Waals surface area contributed by atoms with E-state index >= 15 is 0 Å². The Labute approximate surface area is 292 Å². The maximum absolute atomic E-state index is 14.3. The number of benzene rings is 3. The van der Waals surface area contributed by atoms with Crippen LogP contribution in [0.3, 0.4) is 0 Å². The lowest BCUT2D eigenvalue weighted by atomic mass is 9.95. The van der Waals surface area contributed by atoms with E-state index in [1.807, 2.05) is 102 Å². The predicted octanol–water partition coefficient (Wildman–Crippen LogP) is 5.86. The number of likely N-dealkylation sites (tertiary alicyclic amines) is 1. The van der Waals surface area contributed by atoms with E-state index in [0.717, 1.165) is 45.9 Å². The van der Waals surface area contributed by atoms with Gasteiger partial charge >= 0.3 is 5.97 Å². The molecule has 11 heteroatoms. The third kappa shape index (κ3) is 7.94. The number of amides is 1. The summed E-state index contributed by atoms with van der Waals surface area (Å²) in [7, 11) is 0. The van der Waals surface area contributed by atoms with Crippen LogP contribution in [0, 0.1) is 16.0 Å². The number of carbonyl (C=O) groups is 2. The zero-order chi connectivity index (χ0) is 35.0. The summed E-state index contributed by atoms with van der Waals surface area (Å²) >= 11 is 0. The van der Waals surface area contributed by atoms with E-state index in [4.69, 9.17) is 9.72 Å². The minimum Gasteiger partial charge on any atom is -0.466 e. The van der Waals surface area contributed by atoms with Gasteiger partial charge in [0.2, 0.25) is 0 Å². The van der Waals surface area contributed by atoms with Gasteiger partial charge in [-0.3, -0.25) is 24.6 Å². The third-order valence-corrected chi connectivity index (χ3v) is 9.58. The molecule has 0 bridgehead atoms. The first kappa shape index (κ1) is 34.6. The van der Waals surface area contributed by atoms with E-state index in [9.17, 15) is 19.7 Å². The van der Waals surface area contributed by atoms with Crippen molar-refractivity contribution in [2.75, 3.05) is 45.9 Å². The van der Waals surface area contributed by atoms with Crippen molar-refractivity contribution >= 4 is 22.8 Å². The molecule has 1 unspecified atom stereocenters. The Morgan fingerprint density at radius 3 is 2.34 bits per heavy atom. The summed E-state index contributed by atoms with van der Waals surface area (Å²) in [5, 5.41) is 15.8. The normalized spacial score (nSPS) is 17.7. The number of carbonyl (C=O) groups excluding carboxylic acids is 2. The Bertz CT molecular complexity index is 1840. The number of ether oxygens (including phenoxy) is 1. The molecule has 2 aliphatic rings. The zero-order valence-corrected chi connectivity index (χ0v) is 28.7. The van der Waals surface area contributed by atoms with Crippen LogP contribution < -0.4 is 5.32 Å². The van der Waals surface area contributed by atoms with Gasteiger partial charge in [-0.05, 0) is 38.3 Å². The van der Waals surface area contributed by atoms with Crippen molar-refractivity contribution in [1.82, 2.24) is 25.0 Å². The van der Waals surface area contributed by atoms with Gasteiger partial charge in [0.15, 0.2) is 5.82 Å². The largest absolute Gasteiger partial charge is 0.466 e. The summed E-state index contributed by atoms with van der Waals surface area (Å²) < 4.78 is 5.27. The number of hydrogen-bond acceptors (Lipinski definition) is 9. The second kappa shape index (κ2) is 15.9. The van der Waals surface area contributed by atoms with Crippen LogP contribution in [0.1, 0.15) is 54.2 Å². The summed E-state index contributed by atoms with van der Waals surface area (Å²) in [6, 6.07) is 27.4. The van der Waals surface area contributed by atoms with Crippen LogP contribution in [0.2, 0.25) is 0 Å². The van der Waals surface area contributed by atoms with Crippen LogP contribution in [0.15, 0.2) is 97.0 Å². The second-order valence-electron chi connectivity index (χ2n) is 12.9. The molecule has 260 valence electrons. The molecule has 2 atom stereocenters. The van der Waals surface area contributed by atoms with Crippen molar-refractivity contribution in [2.45, 2.75) is 39.3 Å². The summed E-state index contributed by atoms with van der Waals surface area (Å²) in [6.45, 7) is 7.92. The highest BCUT2D eigenvalue weighted by atomic mass is 16.6. The number of nitrogens with zero attached hydrogens (tertiary/aromatic N) is 5. The molecule has 3 heterocycles. The van der Waals surface area contributed by atoms with Crippen LogP contribution >= 0.6 is 0 Å². The SMILES string of the molecule is CCOC(=O)C1CCCN(/C(=C/[N+](=O)[O-])N2CCN(Cc3c(-c4ccccc4)nc4ccccc4c3C(=O)N[C@@H](C)c3ccccc3)CC2)C1. The molecule has 4 aromatic rings. The Hall–Kier alpha value is -5.29. The maximum atomic E-state index is 14.3. The zero-order valence-electron chi connectivity index (χ0n) is 28.7. The van der Waals surface area contributed by atoms with Crippen LogP contribution in [-0.2, 0) is 16.1 Å². The van der Waals surface area contributed by atoms with Gasteiger partial charge in [-0.25, -0.2) is 4.98 Å². The Kier molecular flexibility index (Phi) is 11.0. The summed E-state index contributed by atoms with van der Waals surface area (Å²) in [4.78, 5) is 49.7. The number of pyridine rings is 1. The average molecular weight is 677 g/mol. The molecule has 2 saturated heterocycles. The molecule has 11 nitrogen and oxygen atoms in total. The molecule has 1 aromatic heterocycles. The van der Waals surface area contributed by atoms with Gasteiger partial charge in [0.05, 0.1) is 40.3 Å². The first-order valence-corrected chi connectivity index (χ1v) is 17.4. The standard InChI is InChI=1S/C39H44N6O5/c1-3-50-39(47)31-17-12-20-44(25-31)35(27-45(48)49)43-23-21-42(22-24-43)26-33-36(38(46)40-28(2)29-13-6-4-7-14-29)32-18-10-11-19-34(32)41-37(33)30-15-8-5-9-16-30/h4-11,13-16,18-19,27-28,31H,3,12,17,20-26H2,1-2H3,(H,40,46)/b35-27+/t28-,31?/m0/s1. The number of nitrogens with one attached hydrogen (secondary N) is 1. The van der Waals surface area contributed by atoms with E-state index in [1.165, 1.54) is 0 Å². The molecule has 50 heavy (non-hydrogen) atoms. The van der Waals surface area contributed by atoms with Gasteiger partial charge in [-0.2, -0.15) is 0 Å². The van der Waals surface area contributed by atoms with Crippen molar-refractivity contribution in [3.8, 4) is 11.3 Å². The molecule has 6 rings (SSSR count). The molecule has 0 saturated carbocycles. The number of esters is 1. The fourth-order valence-electron chi connectivity index (χ4n) is 7.05. The average Bonchev–Trinajstić information content (AvgIpc) is 3.14. The van der Waals surface area contributed by atoms with Crippen LogP contribution in [-0.4, -0.2) is 82.4 Å². The highest BCUT2D eigenvalue weighted by molar-refractivity contribution is 6.09. The minimum atomic E-state index is -0.413. The molecule has 0 aliphatic carbocycles. The molecule has 2 aliphatic heterocycles. The fourth-order valence-corrected chi connectivity index (χ4v) is 7.05. The van der Waals surface area contributed by atoms with Crippen molar-refractivity contribution in [2.24, 2.45) is 5.92 Å². The molecule has 2 fully saturated rings. The topological polar surface area (TPSA) is 121 Å². The molecule has 1 amide bonds. The van der Waals surface area contributed by atoms with Crippen molar-refractivity contribution in [3.05, 3.63) is 124 Å². The van der Waals surface area contributed by atoms with Crippen molar-refractivity contribution in [1.29, 1.82) is 0 Å². The van der Waals surface area contributed by atoms with Crippen LogP contribution in [0.4, 0.5) is 0 Å². The van der Waals surface area contributed by atoms with E-state index in [-0.39, 0.29) is 23.8 Å². The minimum absolute atomic E-state index is 0.164. The lowest BCUT2D eigenvalue weighted by Crippen LogP contribution is -2.50. The highest BCUT2D eigenvalue weighted by Gasteiger charge is 2.33. The lowest BCUT2D eigenvalue weighted by molar-refractivity contribution is -0.405. The quantitative estimate of drug-likeness (QED) is 0.118. The maximum Gasteiger partial charge on any atom is 0.310 e. The number of para-hydroxylation sites is 1. The molecular formula is C39H44N6O5. The van der Waals surface area contributed by atoms with Crippen LogP contribution in [0.25, 0.3) is 22.2 Å². The second-order valence-corrected chi connectivity index (χ2v) is 12.9. The van der Waals surface area contributed by atoms with Crippen molar-refractivity contribution in [3.63, 3.8) is 0 Å². The summed E-state index contributed by atoms with van der Waals surface area (Å²) in [6.07, 6.45) is 2.53. The monoisotopic (exact) mass is 676 g/mol. The molecule has 1 N–H and O–H groups in total. The van der Waals surface area contributed by atoms with Crippen molar-refractivity contribution < 1.29 is 19.2 Å². The third-order valence-electron chi connectivity index (χ3n) is 9.58. The van der Waals surface area contributed by atoms with Gasteiger partial charge in [-0.15, -0.1) is 0 Å². The number of nitro groups is 1. The van der Waals surface area contributed by atoms with Gasteiger partial charge < -0.3 is 19.9 Å². The number of fused-ring (bicyclic) bond motifs is 1. The van der Waals surface area contributed by atoms with Crippen LogP contribution in [0.5, 0.6) is 0 Å². The number of piperazine rings is 1. The number of hydrogen-bond donors (Lipinski definition) is 1. The van der Waals surface area contributed by atoms with E-state index in [1.54, 1.807) is 6.92 Å². The fraction of sp³-hybridized carbons (Fsp3) is 0.359. The number of aromatic nitrogens is 1. The van der Waals surface area contributed by atoms with Gasteiger partial charge in [-0.1, -0.05) is 78.9 Å². The van der Waals surface area contributed by atoms with E-state index < -0.39 is 4.92 Å². The van der Waals surface area contributed by atoms with Gasteiger partial charge in [0.25, 0.3) is 12.1 Å². The predicted molar refractivity (Wildman–Crippen MR) is 192 cm³/mol. The first-order chi connectivity index (χ1) is 24.3. The highest BCUT2D eigenvalue weighted by Crippen LogP contribution is 2.33. The lowest BCUT2D eigenvalue weighted by Gasteiger charge is -2.42.